The van der Waals surface area contributed by atoms with E-state index in [-0.39, 0.29) is 0 Å². The topological polar surface area (TPSA) is 73.1 Å². The minimum absolute atomic E-state index is 0.486. The second-order valence-electron chi connectivity index (χ2n) is 5.69. The molecule has 112 valence electrons. The van der Waals surface area contributed by atoms with Gasteiger partial charge in [-0.2, -0.15) is 0 Å². The molecule has 2 heterocycles. The van der Waals surface area contributed by atoms with Gasteiger partial charge in [-0.3, -0.25) is 0 Å². The Morgan fingerprint density at radius 3 is 2.76 bits per heavy atom. The van der Waals surface area contributed by atoms with Gasteiger partial charge in [-0.05, 0) is 56.3 Å². The monoisotopic (exact) mass is 286 g/mol. The van der Waals surface area contributed by atoms with Crippen molar-refractivity contribution >= 4 is 16.7 Å². The minimum atomic E-state index is 0.486. The van der Waals surface area contributed by atoms with Gasteiger partial charge in [0.15, 0.2) is 0 Å². The molecule has 2 aromatic rings. The molecular formula is C16H22N4O. The van der Waals surface area contributed by atoms with Gasteiger partial charge in [0.2, 0.25) is 5.88 Å². The molecule has 0 bridgehead atoms. The summed E-state index contributed by atoms with van der Waals surface area (Å²) in [5.74, 6) is 2.16. The van der Waals surface area contributed by atoms with Gasteiger partial charge in [0.25, 0.3) is 0 Å². The Kier molecular flexibility index (Phi) is 4.20. The van der Waals surface area contributed by atoms with E-state index in [9.17, 15) is 0 Å². The van der Waals surface area contributed by atoms with Gasteiger partial charge in [0.05, 0.1) is 7.11 Å². The first-order valence-corrected chi connectivity index (χ1v) is 7.56. The molecule has 2 aromatic heterocycles. The first kappa shape index (κ1) is 14.1. The van der Waals surface area contributed by atoms with Crippen molar-refractivity contribution in [3.05, 3.63) is 24.4 Å². The molecule has 3 N–H and O–H groups in total. The van der Waals surface area contributed by atoms with E-state index in [1.54, 1.807) is 13.3 Å². The highest BCUT2D eigenvalue weighted by Gasteiger charge is 2.20. The number of methoxy groups -OCH3 is 1. The van der Waals surface area contributed by atoms with Crippen LogP contribution in [0.4, 0.5) is 5.82 Å². The Labute approximate surface area is 124 Å². The molecule has 5 heteroatoms. The van der Waals surface area contributed by atoms with Crippen LogP contribution in [-0.4, -0.2) is 29.7 Å². The molecule has 1 saturated carbocycles. The number of nitrogens with zero attached hydrogens (tertiary/aromatic N) is 2. The van der Waals surface area contributed by atoms with Crippen molar-refractivity contribution in [3.8, 4) is 5.88 Å². The van der Waals surface area contributed by atoms with Crippen molar-refractivity contribution in [1.82, 2.24) is 9.97 Å². The van der Waals surface area contributed by atoms with Gasteiger partial charge in [-0.25, -0.2) is 9.97 Å². The molecule has 1 aliphatic rings. The zero-order valence-corrected chi connectivity index (χ0v) is 12.4. The molecule has 0 aliphatic heterocycles. The molecule has 0 unspecified atom stereocenters. The number of ether oxygens (including phenoxy) is 1. The number of hydrogen-bond acceptors (Lipinski definition) is 5. The number of pyridine rings is 2. The third-order valence-electron chi connectivity index (χ3n) is 4.30. The Bertz CT molecular complexity index is 608. The van der Waals surface area contributed by atoms with Gasteiger partial charge in [0.1, 0.15) is 11.3 Å². The maximum Gasteiger partial charge on any atom is 0.240 e. The summed E-state index contributed by atoms with van der Waals surface area (Å²) in [7, 11) is 1.62. The molecule has 0 aromatic carbocycles. The number of nitrogens with one attached hydrogen (secondary N) is 1. The van der Waals surface area contributed by atoms with Gasteiger partial charge < -0.3 is 15.8 Å². The predicted octanol–water partition coefficient (Wildman–Crippen LogP) is 2.57. The van der Waals surface area contributed by atoms with E-state index in [1.165, 1.54) is 12.8 Å². The lowest BCUT2D eigenvalue weighted by Crippen LogP contribution is -2.29. The number of anilines is 1. The molecule has 21 heavy (non-hydrogen) atoms. The van der Waals surface area contributed by atoms with Crippen LogP contribution in [-0.2, 0) is 0 Å². The molecule has 0 radical (unpaired) electrons. The first-order chi connectivity index (χ1) is 10.3. The normalized spacial score (nSPS) is 22.2. The van der Waals surface area contributed by atoms with Crippen molar-refractivity contribution in [1.29, 1.82) is 0 Å². The van der Waals surface area contributed by atoms with Gasteiger partial charge >= 0.3 is 0 Å². The Hall–Kier alpha value is -1.88. The summed E-state index contributed by atoms with van der Waals surface area (Å²) in [5, 5.41) is 4.57. The fourth-order valence-electron chi connectivity index (χ4n) is 3.00. The minimum Gasteiger partial charge on any atom is -0.479 e. The van der Waals surface area contributed by atoms with Crippen LogP contribution in [0.1, 0.15) is 25.7 Å². The van der Waals surface area contributed by atoms with Crippen molar-refractivity contribution in [2.24, 2.45) is 11.7 Å². The molecular weight excluding hydrogens is 264 g/mol. The highest BCUT2D eigenvalue weighted by atomic mass is 16.5. The summed E-state index contributed by atoms with van der Waals surface area (Å²) in [6.07, 6.45) is 6.46. The Balaban J connectivity index is 1.75. The van der Waals surface area contributed by atoms with Crippen LogP contribution >= 0.6 is 0 Å². The van der Waals surface area contributed by atoms with Gasteiger partial charge in [-0.1, -0.05) is 0 Å². The third-order valence-corrected chi connectivity index (χ3v) is 4.30. The van der Waals surface area contributed by atoms with Crippen LogP contribution in [0.15, 0.2) is 24.4 Å². The summed E-state index contributed by atoms with van der Waals surface area (Å²) in [6, 6.07) is 6.51. The fourth-order valence-corrected chi connectivity index (χ4v) is 3.00. The van der Waals surface area contributed by atoms with E-state index in [0.717, 1.165) is 36.1 Å². The number of fused-ring (bicyclic) bond motifs is 1. The lowest BCUT2D eigenvalue weighted by molar-refractivity contribution is 0.344. The van der Waals surface area contributed by atoms with Crippen molar-refractivity contribution in [2.75, 3.05) is 19.0 Å². The molecule has 0 atom stereocenters. The summed E-state index contributed by atoms with van der Waals surface area (Å²) in [5.41, 5.74) is 6.55. The largest absolute Gasteiger partial charge is 0.479 e. The number of nitrogens with two attached hydrogens (primary N) is 1. The standard InChI is InChI=1S/C16H22N4O/c1-21-16-15-12(8-9-18-16)4-7-14(20-15)19-13-5-2-11(10-17)3-6-13/h4,7-9,11,13H,2-3,5-6,10,17H2,1H3,(H,19,20). The van der Waals surface area contributed by atoms with E-state index >= 15 is 0 Å². The highest BCUT2D eigenvalue weighted by molar-refractivity contribution is 5.84. The second kappa shape index (κ2) is 6.26. The summed E-state index contributed by atoms with van der Waals surface area (Å²) in [4.78, 5) is 8.86. The SMILES string of the molecule is COc1nccc2ccc(NC3CCC(CN)CC3)nc12. The number of rotatable bonds is 4. The molecule has 0 saturated heterocycles. The second-order valence-corrected chi connectivity index (χ2v) is 5.69. The smallest absolute Gasteiger partial charge is 0.240 e. The van der Waals surface area contributed by atoms with E-state index in [2.05, 4.69) is 21.4 Å². The third kappa shape index (κ3) is 3.08. The fraction of sp³-hybridized carbons (Fsp3) is 0.500. The Morgan fingerprint density at radius 1 is 1.24 bits per heavy atom. The highest BCUT2D eigenvalue weighted by Crippen LogP contribution is 2.27. The first-order valence-electron chi connectivity index (χ1n) is 7.56. The quantitative estimate of drug-likeness (QED) is 0.903. The zero-order valence-electron chi connectivity index (χ0n) is 12.4. The zero-order chi connectivity index (χ0) is 14.7. The van der Waals surface area contributed by atoms with Crippen molar-refractivity contribution < 1.29 is 4.74 Å². The summed E-state index contributed by atoms with van der Waals surface area (Å²) >= 11 is 0. The maximum absolute atomic E-state index is 5.74. The van der Waals surface area contributed by atoms with Gasteiger partial charge in [0, 0.05) is 17.6 Å². The molecule has 0 amide bonds. The molecule has 5 nitrogen and oxygen atoms in total. The van der Waals surface area contributed by atoms with Crippen LogP contribution in [0.25, 0.3) is 10.9 Å². The van der Waals surface area contributed by atoms with Crippen molar-refractivity contribution in [2.45, 2.75) is 31.7 Å². The molecule has 1 aliphatic carbocycles. The molecule has 0 spiro atoms. The van der Waals surface area contributed by atoms with Crippen LogP contribution in [0.2, 0.25) is 0 Å². The lowest BCUT2D eigenvalue weighted by atomic mass is 9.86. The maximum atomic E-state index is 5.74. The van der Waals surface area contributed by atoms with E-state index in [4.69, 9.17) is 10.5 Å². The summed E-state index contributed by atoms with van der Waals surface area (Å²) in [6.45, 7) is 0.809. The number of hydrogen-bond donors (Lipinski definition) is 2. The number of aromatic nitrogens is 2. The predicted molar refractivity (Wildman–Crippen MR) is 84.5 cm³/mol. The van der Waals surface area contributed by atoms with Gasteiger partial charge in [-0.15, -0.1) is 0 Å². The van der Waals surface area contributed by atoms with E-state index in [1.807, 2.05) is 12.1 Å². The van der Waals surface area contributed by atoms with Crippen LogP contribution in [0, 0.1) is 5.92 Å². The van der Waals surface area contributed by atoms with Crippen LogP contribution < -0.4 is 15.8 Å². The average Bonchev–Trinajstić information content (AvgIpc) is 2.55. The Morgan fingerprint density at radius 2 is 2.05 bits per heavy atom. The van der Waals surface area contributed by atoms with Crippen LogP contribution in [0.3, 0.4) is 0 Å². The molecule has 3 rings (SSSR count). The van der Waals surface area contributed by atoms with E-state index < -0.39 is 0 Å². The molecule has 1 fully saturated rings. The summed E-state index contributed by atoms with van der Waals surface area (Å²) < 4.78 is 5.29. The average molecular weight is 286 g/mol. The lowest BCUT2D eigenvalue weighted by Gasteiger charge is -2.28. The van der Waals surface area contributed by atoms with E-state index in [0.29, 0.717) is 17.8 Å². The van der Waals surface area contributed by atoms with Crippen LogP contribution in [0.5, 0.6) is 5.88 Å². The van der Waals surface area contributed by atoms with Crippen molar-refractivity contribution in [3.63, 3.8) is 0 Å².